The number of rotatable bonds is 16. The first-order valence-electron chi connectivity index (χ1n) is 13.5. The third kappa shape index (κ3) is 15.3. The molecule has 47 heavy (non-hydrogen) atoms. The number of carbonyl (C=O) groups excluding carboxylic acids is 8. The van der Waals surface area contributed by atoms with Crippen LogP contribution in [-0.2, 0) is 73.2 Å². The summed E-state index contributed by atoms with van der Waals surface area (Å²) in [5.41, 5.74) is 0.741. The van der Waals surface area contributed by atoms with Crippen LogP contribution in [0.25, 0.3) is 0 Å². The highest BCUT2D eigenvalue weighted by molar-refractivity contribution is 14.1. The fourth-order valence-corrected chi connectivity index (χ4v) is 8.17. The zero-order valence-electron chi connectivity index (χ0n) is 26.2. The van der Waals surface area contributed by atoms with E-state index < -0.39 is 86.2 Å². The first-order valence-corrected chi connectivity index (χ1v) is 16.7. The molecule has 0 aliphatic rings. The van der Waals surface area contributed by atoms with Gasteiger partial charge in [0.15, 0.2) is 19.3 Å². The highest BCUT2D eigenvalue weighted by Crippen LogP contribution is 2.42. The molecule has 19 heteroatoms. The van der Waals surface area contributed by atoms with Crippen molar-refractivity contribution in [3.63, 3.8) is 0 Å². The zero-order chi connectivity index (χ0) is 36.0. The quantitative estimate of drug-likeness (QED) is 0.144. The normalized spacial score (nSPS) is 11.7. The van der Waals surface area contributed by atoms with Crippen LogP contribution < -0.4 is 10.2 Å². The van der Waals surface area contributed by atoms with Gasteiger partial charge in [-0.05, 0) is 73.3 Å². The van der Waals surface area contributed by atoms with Crippen molar-refractivity contribution < 1.29 is 66.8 Å². The monoisotopic (exact) mass is 1000 g/mol. The predicted octanol–water partition coefficient (Wildman–Crippen LogP) is 2.43. The van der Waals surface area contributed by atoms with Crippen molar-refractivity contribution in [2.75, 3.05) is 43.2 Å². The molecule has 260 valence electrons. The number of anilines is 2. The van der Waals surface area contributed by atoms with Crippen LogP contribution in [0.5, 0.6) is 0 Å². The molecule has 0 aromatic heterocycles. The summed E-state index contributed by atoms with van der Waals surface area (Å²) in [6, 6.07) is 0. The van der Waals surface area contributed by atoms with Gasteiger partial charge in [-0.15, -0.1) is 0 Å². The van der Waals surface area contributed by atoms with Gasteiger partial charge in [-0.1, -0.05) is 0 Å². The van der Waals surface area contributed by atoms with E-state index in [2.05, 4.69) is 5.32 Å². The number of nitrogens with one attached hydrogen (secondary N) is 1. The molecule has 0 aliphatic heterocycles. The number of benzene rings is 1. The molecule has 0 spiro atoms. The van der Waals surface area contributed by atoms with E-state index in [1.54, 1.807) is 0 Å². The lowest BCUT2D eigenvalue weighted by atomic mass is 10.0. The summed E-state index contributed by atoms with van der Waals surface area (Å²) in [4.78, 5) is 97.6. The van der Waals surface area contributed by atoms with Crippen LogP contribution in [0.1, 0.15) is 47.1 Å². The van der Waals surface area contributed by atoms with E-state index >= 15 is 0 Å². The number of hydrogen-bond acceptors (Lipinski definition) is 14. The second kappa shape index (κ2) is 20.5. The number of ether oxygens (including phenoxy) is 6. The lowest BCUT2D eigenvalue weighted by molar-refractivity contribution is -0.156. The Morgan fingerprint density at radius 2 is 1.09 bits per heavy atom. The van der Waals surface area contributed by atoms with E-state index in [-0.39, 0.29) is 28.0 Å². The van der Waals surface area contributed by atoms with Gasteiger partial charge in [-0.25, -0.2) is 0 Å². The fraction of sp³-hybridized carbons (Fsp3) is 0.500. The molecule has 1 aromatic rings. The molecule has 0 fully saturated rings. The summed E-state index contributed by atoms with van der Waals surface area (Å²) in [7, 11) is 0. The molecular formula is C28H33I3N2O14. The minimum absolute atomic E-state index is 0.0764. The zero-order valence-corrected chi connectivity index (χ0v) is 32.7. The fourth-order valence-electron chi connectivity index (χ4n) is 3.71. The second-order valence-corrected chi connectivity index (χ2v) is 12.8. The Morgan fingerprint density at radius 3 is 1.57 bits per heavy atom. The van der Waals surface area contributed by atoms with Crippen LogP contribution in [0, 0.1) is 10.7 Å². The van der Waals surface area contributed by atoms with E-state index in [4.69, 9.17) is 28.4 Å². The van der Waals surface area contributed by atoms with E-state index in [1.165, 1.54) is 13.8 Å². The Bertz CT molecular complexity index is 1400. The lowest BCUT2D eigenvalue weighted by Gasteiger charge is -2.31. The lowest BCUT2D eigenvalue weighted by Crippen LogP contribution is -2.44. The van der Waals surface area contributed by atoms with Crippen molar-refractivity contribution in [2.24, 2.45) is 0 Å². The molecule has 2 atom stereocenters. The van der Waals surface area contributed by atoms with Crippen molar-refractivity contribution >= 4 is 127 Å². The number of amides is 2. The smallest absolute Gasteiger partial charge is 0.303 e. The third-order valence-electron chi connectivity index (χ3n) is 5.45. The van der Waals surface area contributed by atoms with Crippen LogP contribution in [0.3, 0.4) is 0 Å². The van der Waals surface area contributed by atoms with Crippen molar-refractivity contribution in [1.82, 2.24) is 0 Å². The summed E-state index contributed by atoms with van der Waals surface area (Å²) < 4.78 is 31.7. The van der Waals surface area contributed by atoms with Crippen LogP contribution in [0.4, 0.5) is 11.4 Å². The summed E-state index contributed by atoms with van der Waals surface area (Å²) in [5.74, 6) is -5.67. The number of esters is 6. The highest BCUT2D eigenvalue weighted by Gasteiger charge is 2.32. The summed E-state index contributed by atoms with van der Waals surface area (Å²) in [5, 5.41) is 2.67. The number of nitrogens with zero attached hydrogens (tertiary/aromatic N) is 1. The second-order valence-electron chi connectivity index (χ2n) is 9.53. The largest absolute Gasteiger partial charge is 0.462 e. The number of hydrogen-bond donors (Lipinski definition) is 1. The topological polar surface area (TPSA) is 207 Å². The summed E-state index contributed by atoms with van der Waals surface area (Å²) in [6.07, 6.45) is -2.27. The molecule has 1 N–H and O–H groups in total. The van der Waals surface area contributed by atoms with Crippen molar-refractivity contribution in [1.29, 1.82) is 0 Å². The van der Waals surface area contributed by atoms with Gasteiger partial charge in [-0.2, -0.15) is 0 Å². The Balaban J connectivity index is 4.01. The minimum Gasteiger partial charge on any atom is -0.462 e. The van der Waals surface area contributed by atoms with E-state index in [9.17, 15) is 38.4 Å². The minimum atomic E-state index is -1.19. The Morgan fingerprint density at radius 1 is 0.617 bits per heavy atom. The molecule has 0 radical (unpaired) electrons. The molecule has 2 amide bonds. The van der Waals surface area contributed by atoms with E-state index in [0.717, 1.165) is 32.6 Å². The van der Waals surface area contributed by atoms with Gasteiger partial charge in [0.25, 0.3) is 11.8 Å². The molecule has 0 bridgehead atoms. The molecule has 0 saturated carbocycles. The van der Waals surface area contributed by atoms with Gasteiger partial charge in [0.05, 0.1) is 21.5 Å². The van der Waals surface area contributed by atoms with Crippen LogP contribution in [0.2, 0.25) is 0 Å². The standard InChI is InChI=1S/C28H33I3N2O14/c1-13(34)42-9-19(46-17(5)38)7-21-24(29)27(32-22(40)11-44-15(3)36)26(31)28(25(21)30)33(23(41)12-45-16(4)37)8-20(47-18(6)39)10-43-14(2)35/h19-20H,7-12H2,1-6H3,(H,32,40). The van der Waals surface area contributed by atoms with Gasteiger partial charge < -0.3 is 38.6 Å². The molecular weight excluding hydrogens is 969 g/mol. The number of carbonyl (C=O) groups is 8. The molecule has 0 heterocycles. The first-order chi connectivity index (χ1) is 21.8. The average Bonchev–Trinajstić information content (AvgIpc) is 2.95. The SMILES string of the molecule is CC(=O)OCC(=O)Nc1c(I)c(CC(COC(C)=O)OC(C)=O)c(I)c(N(CC(COC(C)=O)OC(C)=O)C(=O)COC(C)=O)c1I. The maximum atomic E-state index is 13.7. The number of halogens is 3. The van der Waals surface area contributed by atoms with Gasteiger partial charge in [0.2, 0.25) is 0 Å². The maximum absolute atomic E-state index is 13.7. The molecule has 0 saturated heterocycles. The van der Waals surface area contributed by atoms with Crippen LogP contribution in [-0.4, -0.2) is 92.8 Å². The maximum Gasteiger partial charge on any atom is 0.303 e. The van der Waals surface area contributed by atoms with Gasteiger partial charge in [0.1, 0.15) is 19.3 Å². The third-order valence-corrected chi connectivity index (χ3v) is 8.86. The van der Waals surface area contributed by atoms with Crippen molar-refractivity contribution in [3.8, 4) is 0 Å². The van der Waals surface area contributed by atoms with Gasteiger partial charge >= 0.3 is 35.8 Å². The van der Waals surface area contributed by atoms with Crippen LogP contribution in [0.15, 0.2) is 0 Å². The highest BCUT2D eigenvalue weighted by atomic mass is 127. The molecule has 16 nitrogen and oxygen atoms in total. The Labute approximate surface area is 311 Å². The molecule has 1 aromatic carbocycles. The van der Waals surface area contributed by atoms with E-state index in [0.29, 0.717) is 12.7 Å². The summed E-state index contributed by atoms with van der Waals surface area (Å²) >= 11 is 5.75. The molecule has 1 rings (SSSR count). The first kappa shape index (κ1) is 42.2. The van der Waals surface area contributed by atoms with Crippen LogP contribution >= 0.6 is 67.8 Å². The van der Waals surface area contributed by atoms with Gasteiger partial charge in [-0.3, -0.25) is 38.4 Å². The van der Waals surface area contributed by atoms with Crippen molar-refractivity contribution in [2.45, 2.75) is 60.2 Å². The van der Waals surface area contributed by atoms with Gasteiger partial charge in [0, 0.05) is 55.1 Å². The Kier molecular flexibility index (Phi) is 18.4. The summed E-state index contributed by atoms with van der Waals surface area (Å²) in [6.45, 7) is 4.33. The average molecular weight is 1000 g/mol. The molecule has 2 unspecified atom stereocenters. The predicted molar refractivity (Wildman–Crippen MR) is 187 cm³/mol. The van der Waals surface area contributed by atoms with Crippen molar-refractivity contribution in [3.05, 3.63) is 16.3 Å². The molecule has 0 aliphatic carbocycles. The Hall–Kier alpha value is -2.83. The van der Waals surface area contributed by atoms with E-state index in [1.807, 2.05) is 67.8 Å².